The van der Waals surface area contributed by atoms with Gasteiger partial charge in [0, 0.05) is 47.0 Å². The molecule has 0 amide bonds. The van der Waals surface area contributed by atoms with Crippen LogP contribution in [-0.2, 0) is 0 Å². The Morgan fingerprint density at radius 1 is 0.391 bits per heavy atom. The zero-order valence-electron chi connectivity index (χ0n) is 25.6. The van der Waals surface area contributed by atoms with Gasteiger partial charge in [-0.1, -0.05) is 78.9 Å². The van der Waals surface area contributed by atoms with Gasteiger partial charge in [-0.05, 0) is 100 Å². The molecule has 218 valence electrons. The number of hydrogen-bond acceptors (Lipinski definition) is 4. The molecule has 0 N–H and O–H groups in total. The first kappa shape index (κ1) is 27.5. The van der Waals surface area contributed by atoms with Crippen molar-refractivity contribution in [2.45, 2.75) is 13.8 Å². The molecule has 0 bridgehead atoms. The molecular weight excluding hydrogens is 560 g/mol. The van der Waals surface area contributed by atoms with Crippen LogP contribution < -0.4 is 0 Å². The van der Waals surface area contributed by atoms with E-state index in [1.54, 1.807) is 0 Å². The molecule has 4 aromatic heterocycles. The van der Waals surface area contributed by atoms with E-state index in [0.29, 0.717) is 0 Å². The van der Waals surface area contributed by atoms with Gasteiger partial charge in [-0.2, -0.15) is 0 Å². The molecule has 4 aromatic carbocycles. The average Bonchev–Trinajstić information content (AvgIpc) is 3.11. The third-order valence-corrected chi connectivity index (χ3v) is 8.77. The fourth-order valence-electron chi connectivity index (χ4n) is 6.45. The highest BCUT2D eigenvalue weighted by atomic mass is 14.7. The van der Waals surface area contributed by atoms with Gasteiger partial charge in [0.25, 0.3) is 0 Å². The van der Waals surface area contributed by atoms with Crippen molar-refractivity contribution in [2.24, 2.45) is 0 Å². The molecule has 8 aromatic rings. The minimum absolute atomic E-state index is 0.907. The van der Waals surface area contributed by atoms with Crippen molar-refractivity contribution in [1.82, 2.24) is 19.9 Å². The van der Waals surface area contributed by atoms with E-state index in [0.717, 1.165) is 83.3 Å². The normalized spacial score (nSPS) is 11.3. The topological polar surface area (TPSA) is 51.6 Å². The van der Waals surface area contributed by atoms with Gasteiger partial charge in [-0.25, -0.2) is 9.97 Å². The lowest BCUT2D eigenvalue weighted by Crippen LogP contribution is -1.96. The van der Waals surface area contributed by atoms with Crippen LogP contribution in [-0.4, -0.2) is 19.9 Å². The molecule has 0 saturated heterocycles. The highest BCUT2D eigenvalue weighted by Gasteiger charge is 2.20. The Bertz CT molecular complexity index is 2400. The number of hydrogen-bond donors (Lipinski definition) is 0. The highest BCUT2D eigenvalue weighted by Crippen LogP contribution is 2.44. The Morgan fingerprint density at radius 3 is 1.46 bits per heavy atom. The third kappa shape index (κ3) is 4.81. The van der Waals surface area contributed by atoms with E-state index < -0.39 is 0 Å². The quantitative estimate of drug-likeness (QED) is 0.187. The number of fused-ring (bicyclic) bond motifs is 2. The van der Waals surface area contributed by atoms with Gasteiger partial charge < -0.3 is 0 Å². The summed E-state index contributed by atoms with van der Waals surface area (Å²) in [6.45, 7) is 4.20. The Balaban J connectivity index is 1.45. The van der Waals surface area contributed by atoms with Gasteiger partial charge in [0.15, 0.2) is 0 Å². The Hall–Kier alpha value is -6.00. The van der Waals surface area contributed by atoms with Crippen molar-refractivity contribution in [1.29, 1.82) is 0 Å². The largest absolute Gasteiger partial charge is 0.264 e. The maximum Gasteiger partial charge on any atom is 0.0727 e. The summed E-state index contributed by atoms with van der Waals surface area (Å²) in [5, 5.41) is 4.53. The van der Waals surface area contributed by atoms with Crippen LogP contribution in [0.25, 0.3) is 77.7 Å². The van der Waals surface area contributed by atoms with E-state index in [1.165, 1.54) is 5.56 Å². The lowest BCUT2D eigenvalue weighted by molar-refractivity contribution is 1.25. The molecule has 0 aliphatic heterocycles. The minimum Gasteiger partial charge on any atom is -0.264 e. The second-order valence-corrected chi connectivity index (χ2v) is 11.6. The third-order valence-electron chi connectivity index (χ3n) is 8.77. The lowest BCUT2D eigenvalue weighted by Gasteiger charge is -2.19. The molecule has 0 saturated carbocycles. The molecule has 0 unspecified atom stereocenters. The smallest absolute Gasteiger partial charge is 0.0727 e. The van der Waals surface area contributed by atoms with E-state index in [1.807, 2.05) is 36.9 Å². The van der Waals surface area contributed by atoms with Crippen LogP contribution in [0.4, 0.5) is 0 Å². The minimum atomic E-state index is 0.907. The summed E-state index contributed by atoms with van der Waals surface area (Å²) in [5.74, 6) is 0. The number of pyridine rings is 4. The van der Waals surface area contributed by atoms with E-state index in [-0.39, 0.29) is 0 Å². The molecule has 46 heavy (non-hydrogen) atoms. The molecule has 0 atom stereocenters. The molecule has 8 rings (SSSR count). The second kappa shape index (κ2) is 11.5. The molecule has 0 spiro atoms. The van der Waals surface area contributed by atoms with E-state index in [4.69, 9.17) is 9.97 Å². The zero-order chi connectivity index (χ0) is 31.0. The SMILES string of the molecule is Cc1ccncc1-c1cccc(-c2c3ccccc3c(-c3cccc(-c4cnccc4C)n3)c3cc(-c4ccccc4)ccc23)n1. The van der Waals surface area contributed by atoms with E-state index >= 15 is 0 Å². The van der Waals surface area contributed by atoms with Gasteiger partial charge in [-0.15, -0.1) is 0 Å². The summed E-state index contributed by atoms with van der Waals surface area (Å²) >= 11 is 0. The van der Waals surface area contributed by atoms with Crippen molar-refractivity contribution >= 4 is 21.5 Å². The number of aryl methyl sites for hydroxylation is 2. The molecule has 0 radical (unpaired) electrons. The van der Waals surface area contributed by atoms with Gasteiger partial charge in [0.1, 0.15) is 0 Å². The van der Waals surface area contributed by atoms with Crippen LogP contribution >= 0.6 is 0 Å². The number of aromatic nitrogens is 4. The van der Waals surface area contributed by atoms with Crippen LogP contribution in [0.15, 0.2) is 146 Å². The molecule has 0 aliphatic carbocycles. The van der Waals surface area contributed by atoms with Crippen LogP contribution in [0, 0.1) is 13.8 Å². The van der Waals surface area contributed by atoms with Gasteiger partial charge in [0.05, 0.1) is 22.8 Å². The number of benzene rings is 4. The Labute approximate surface area is 268 Å². The van der Waals surface area contributed by atoms with Gasteiger partial charge in [0.2, 0.25) is 0 Å². The number of nitrogens with zero attached hydrogens (tertiary/aromatic N) is 4. The molecule has 4 heterocycles. The van der Waals surface area contributed by atoms with Crippen LogP contribution in [0.2, 0.25) is 0 Å². The summed E-state index contributed by atoms with van der Waals surface area (Å²) in [6.07, 6.45) is 7.45. The highest BCUT2D eigenvalue weighted by molar-refractivity contribution is 6.21. The fourth-order valence-corrected chi connectivity index (χ4v) is 6.45. The fraction of sp³-hybridized carbons (Fsp3) is 0.0476. The molecule has 4 heteroatoms. The van der Waals surface area contributed by atoms with E-state index in [9.17, 15) is 0 Å². The average molecular weight is 591 g/mol. The zero-order valence-corrected chi connectivity index (χ0v) is 25.6. The Morgan fingerprint density at radius 2 is 0.891 bits per heavy atom. The maximum absolute atomic E-state index is 5.28. The Kier molecular flexibility index (Phi) is 6.88. The molecular formula is C42H30N4. The van der Waals surface area contributed by atoms with Crippen LogP contribution in [0.1, 0.15) is 11.1 Å². The summed E-state index contributed by atoms with van der Waals surface area (Å²) in [4.78, 5) is 19.3. The monoisotopic (exact) mass is 590 g/mol. The van der Waals surface area contributed by atoms with Crippen LogP contribution in [0.5, 0.6) is 0 Å². The summed E-state index contributed by atoms with van der Waals surface area (Å²) in [5.41, 5.74) is 12.6. The first-order valence-electron chi connectivity index (χ1n) is 15.5. The molecule has 4 nitrogen and oxygen atoms in total. The van der Waals surface area contributed by atoms with Gasteiger partial charge >= 0.3 is 0 Å². The predicted molar refractivity (Wildman–Crippen MR) is 189 cm³/mol. The predicted octanol–water partition coefficient (Wildman–Crippen LogP) is 10.5. The molecule has 0 aliphatic rings. The van der Waals surface area contributed by atoms with Crippen molar-refractivity contribution in [3.8, 4) is 56.2 Å². The van der Waals surface area contributed by atoms with Gasteiger partial charge in [-0.3, -0.25) is 9.97 Å². The van der Waals surface area contributed by atoms with E-state index in [2.05, 4.69) is 133 Å². The summed E-state index contributed by atoms with van der Waals surface area (Å²) in [7, 11) is 0. The second-order valence-electron chi connectivity index (χ2n) is 11.6. The molecule has 0 fully saturated rings. The first-order valence-corrected chi connectivity index (χ1v) is 15.5. The standard InChI is InChI=1S/C42H30N4/c1-27-20-22-43-25-35(27)37-14-8-16-39(45-37)41-31-12-6-7-13-32(31)42(34-24-30(18-19-33(34)41)29-10-4-3-5-11-29)40-17-9-15-38(46-40)36-26-44-23-21-28(36)2/h3-26H,1-2H3. The lowest BCUT2D eigenvalue weighted by atomic mass is 9.87. The van der Waals surface area contributed by atoms with Crippen molar-refractivity contribution in [3.05, 3.63) is 157 Å². The maximum atomic E-state index is 5.28. The van der Waals surface area contributed by atoms with Crippen LogP contribution in [0.3, 0.4) is 0 Å². The summed E-state index contributed by atoms with van der Waals surface area (Å²) in [6, 6.07) is 42.6. The number of rotatable bonds is 5. The summed E-state index contributed by atoms with van der Waals surface area (Å²) < 4.78 is 0. The van der Waals surface area contributed by atoms with Crippen molar-refractivity contribution in [2.75, 3.05) is 0 Å². The van der Waals surface area contributed by atoms with Crippen molar-refractivity contribution in [3.63, 3.8) is 0 Å². The van der Waals surface area contributed by atoms with Crippen molar-refractivity contribution < 1.29 is 0 Å². The first-order chi connectivity index (χ1) is 22.7.